The number of nitrogens with one attached hydrogen (secondary N) is 1. The number of halogens is 2. The van der Waals surface area contributed by atoms with Crippen molar-refractivity contribution in [3.8, 4) is 0 Å². The fourth-order valence-electron chi connectivity index (χ4n) is 1.03. The van der Waals surface area contributed by atoms with Crippen LogP contribution in [0.4, 0.5) is 5.69 Å². The maximum Gasteiger partial charge on any atom is 0.307 e. The molecule has 1 aromatic carbocycles. The number of carbonyl (C=O) groups is 1. The van der Waals surface area contributed by atoms with E-state index in [1.165, 1.54) is 7.11 Å². The molecule has 0 amide bonds. The molecule has 0 atom stereocenters. The molecule has 0 heterocycles. The number of carbonyl (C=O) groups excluding carboxylic acids is 1. The van der Waals surface area contributed by atoms with Gasteiger partial charge < -0.3 is 10.1 Å². The van der Waals surface area contributed by atoms with Crippen molar-refractivity contribution in [3.05, 3.63) is 28.2 Å². The molecule has 1 rings (SSSR count). The van der Waals surface area contributed by atoms with Crippen LogP contribution in [0.1, 0.15) is 6.42 Å². The average Bonchev–Trinajstić information content (AvgIpc) is 2.21. The molecule has 3 nitrogen and oxygen atoms in total. The number of anilines is 1. The lowest BCUT2D eigenvalue weighted by molar-refractivity contribution is -0.140. The number of benzene rings is 1. The number of ether oxygens (including phenoxy) is 1. The third-order valence-corrected chi connectivity index (χ3v) is 2.35. The van der Waals surface area contributed by atoms with Crippen molar-refractivity contribution in [1.82, 2.24) is 0 Å². The molecule has 0 aliphatic carbocycles. The minimum Gasteiger partial charge on any atom is -0.469 e. The molecule has 5 heteroatoms. The van der Waals surface area contributed by atoms with Crippen molar-refractivity contribution in [2.24, 2.45) is 0 Å². The Bertz CT molecular complexity index is 355. The number of esters is 1. The molecule has 1 N–H and O–H groups in total. The van der Waals surface area contributed by atoms with Crippen molar-refractivity contribution < 1.29 is 9.53 Å². The van der Waals surface area contributed by atoms with Gasteiger partial charge in [0, 0.05) is 11.6 Å². The second-order valence-corrected chi connectivity index (χ2v) is 3.72. The van der Waals surface area contributed by atoms with Crippen molar-refractivity contribution >= 4 is 34.9 Å². The van der Waals surface area contributed by atoms with Gasteiger partial charge in [0.25, 0.3) is 0 Å². The largest absolute Gasteiger partial charge is 0.469 e. The lowest BCUT2D eigenvalue weighted by atomic mass is 10.3. The smallest absolute Gasteiger partial charge is 0.307 e. The van der Waals surface area contributed by atoms with E-state index in [0.717, 1.165) is 5.69 Å². The molecule has 1 aromatic rings. The molecule has 0 spiro atoms. The van der Waals surface area contributed by atoms with Gasteiger partial charge in [-0.05, 0) is 18.2 Å². The Morgan fingerprint density at radius 3 is 2.80 bits per heavy atom. The van der Waals surface area contributed by atoms with E-state index < -0.39 is 0 Å². The first kappa shape index (κ1) is 12.1. The molecule has 0 aliphatic heterocycles. The van der Waals surface area contributed by atoms with Gasteiger partial charge in [0.1, 0.15) is 0 Å². The van der Waals surface area contributed by atoms with Crippen LogP contribution in [0.2, 0.25) is 10.0 Å². The highest BCUT2D eigenvalue weighted by Gasteiger charge is 2.02. The number of hydrogen-bond acceptors (Lipinski definition) is 3. The fourth-order valence-corrected chi connectivity index (χ4v) is 1.51. The van der Waals surface area contributed by atoms with Crippen LogP contribution in [0.25, 0.3) is 0 Å². The summed E-state index contributed by atoms with van der Waals surface area (Å²) < 4.78 is 4.50. The van der Waals surface area contributed by atoms with E-state index in [0.29, 0.717) is 23.0 Å². The summed E-state index contributed by atoms with van der Waals surface area (Å²) in [6.07, 6.45) is 0.301. The predicted octanol–water partition coefficient (Wildman–Crippen LogP) is 2.97. The first-order valence-corrected chi connectivity index (χ1v) is 5.15. The van der Waals surface area contributed by atoms with E-state index in [2.05, 4.69) is 10.1 Å². The molecule has 15 heavy (non-hydrogen) atoms. The summed E-state index contributed by atoms with van der Waals surface area (Å²) in [6.45, 7) is 0.480. The normalized spacial score (nSPS) is 9.80. The van der Waals surface area contributed by atoms with Crippen LogP contribution in [-0.2, 0) is 9.53 Å². The molecule has 0 unspecified atom stereocenters. The highest BCUT2D eigenvalue weighted by Crippen LogP contribution is 2.25. The number of rotatable bonds is 4. The summed E-state index contributed by atoms with van der Waals surface area (Å²) in [5, 5.41) is 4.13. The predicted molar refractivity (Wildman–Crippen MR) is 61.6 cm³/mol. The number of hydrogen-bond donors (Lipinski definition) is 1. The van der Waals surface area contributed by atoms with Crippen molar-refractivity contribution in [2.45, 2.75) is 6.42 Å². The molecule has 0 saturated heterocycles. The van der Waals surface area contributed by atoms with Crippen molar-refractivity contribution in [2.75, 3.05) is 19.0 Å². The number of methoxy groups -OCH3 is 1. The van der Waals surface area contributed by atoms with Crippen LogP contribution in [0.15, 0.2) is 18.2 Å². The van der Waals surface area contributed by atoms with E-state index in [1.807, 2.05) is 0 Å². The highest BCUT2D eigenvalue weighted by molar-refractivity contribution is 6.36. The third kappa shape index (κ3) is 3.98. The maximum absolute atomic E-state index is 10.8. The molecule has 0 aromatic heterocycles. The molecular formula is C10H11Cl2NO2. The molecule has 0 fully saturated rings. The Morgan fingerprint density at radius 1 is 1.47 bits per heavy atom. The lowest BCUT2D eigenvalue weighted by Crippen LogP contribution is -2.09. The molecule has 0 aliphatic rings. The van der Waals surface area contributed by atoms with E-state index in [1.54, 1.807) is 18.2 Å². The van der Waals surface area contributed by atoms with Gasteiger partial charge in [-0.3, -0.25) is 4.79 Å². The Hall–Kier alpha value is -0.930. The Labute approximate surface area is 98.3 Å². The SMILES string of the molecule is COC(=O)CCNc1ccc(Cl)cc1Cl. The summed E-state index contributed by atoms with van der Waals surface area (Å²) in [4.78, 5) is 10.8. The zero-order valence-electron chi connectivity index (χ0n) is 8.22. The van der Waals surface area contributed by atoms with Gasteiger partial charge in [-0.15, -0.1) is 0 Å². The first-order valence-electron chi connectivity index (χ1n) is 4.39. The van der Waals surface area contributed by atoms with E-state index >= 15 is 0 Å². The van der Waals surface area contributed by atoms with Crippen molar-refractivity contribution in [3.63, 3.8) is 0 Å². The summed E-state index contributed by atoms with van der Waals surface area (Å²) >= 11 is 11.7. The van der Waals surface area contributed by atoms with Gasteiger partial charge in [-0.2, -0.15) is 0 Å². The molecule has 0 bridgehead atoms. The van der Waals surface area contributed by atoms with Gasteiger partial charge in [0.15, 0.2) is 0 Å². The Morgan fingerprint density at radius 2 is 2.20 bits per heavy atom. The van der Waals surface area contributed by atoms with E-state index in [9.17, 15) is 4.79 Å². The molecule has 82 valence electrons. The quantitative estimate of drug-likeness (QED) is 0.832. The summed E-state index contributed by atoms with van der Waals surface area (Å²) in [5.74, 6) is -0.257. The minimum atomic E-state index is -0.257. The first-order chi connectivity index (χ1) is 7.13. The fraction of sp³-hybridized carbons (Fsp3) is 0.300. The van der Waals surface area contributed by atoms with Crippen LogP contribution in [0.3, 0.4) is 0 Å². The van der Waals surface area contributed by atoms with Gasteiger partial charge in [-0.25, -0.2) is 0 Å². The minimum absolute atomic E-state index is 0.257. The van der Waals surface area contributed by atoms with Crippen LogP contribution in [0.5, 0.6) is 0 Å². The summed E-state index contributed by atoms with van der Waals surface area (Å²) in [6, 6.07) is 5.14. The zero-order valence-corrected chi connectivity index (χ0v) is 9.73. The van der Waals surface area contributed by atoms with Crippen LogP contribution in [-0.4, -0.2) is 19.6 Å². The molecular weight excluding hydrogens is 237 g/mol. The van der Waals surface area contributed by atoms with Crippen molar-refractivity contribution in [1.29, 1.82) is 0 Å². The van der Waals surface area contributed by atoms with Crippen LogP contribution < -0.4 is 5.32 Å². The monoisotopic (exact) mass is 247 g/mol. The van der Waals surface area contributed by atoms with Crippen LogP contribution >= 0.6 is 23.2 Å². The van der Waals surface area contributed by atoms with Gasteiger partial charge >= 0.3 is 5.97 Å². The average molecular weight is 248 g/mol. The second-order valence-electron chi connectivity index (χ2n) is 2.88. The van der Waals surface area contributed by atoms with E-state index in [4.69, 9.17) is 23.2 Å². The summed E-state index contributed by atoms with van der Waals surface area (Å²) in [7, 11) is 1.36. The third-order valence-electron chi connectivity index (χ3n) is 1.80. The second kappa shape index (κ2) is 5.83. The maximum atomic E-state index is 10.8. The highest BCUT2D eigenvalue weighted by atomic mass is 35.5. The van der Waals surface area contributed by atoms with E-state index in [-0.39, 0.29) is 5.97 Å². The topological polar surface area (TPSA) is 38.3 Å². The summed E-state index contributed by atoms with van der Waals surface area (Å²) in [5.41, 5.74) is 0.755. The van der Waals surface area contributed by atoms with Gasteiger partial charge in [0.05, 0.1) is 24.2 Å². The van der Waals surface area contributed by atoms with Crippen LogP contribution in [0, 0.1) is 0 Å². The van der Waals surface area contributed by atoms with Gasteiger partial charge in [-0.1, -0.05) is 23.2 Å². The zero-order chi connectivity index (χ0) is 11.3. The molecule has 0 radical (unpaired) electrons. The Kier molecular flexibility index (Phi) is 4.72. The van der Waals surface area contributed by atoms with Gasteiger partial charge in [0.2, 0.25) is 0 Å². The lowest BCUT2D eigenvalue weighted by Gasteiger charge is -2.07. The molecule has 0 saturated carbocycles. The Balaban J connectivity index is 2.47. The standard InChI is InChI=1S/C10H11Cl2NO2/c1-15-10(14)4-5-13-9-3-2-7(11)6-8(9)12/h2-3,6,13H,4-5H2,1H3.